The molecule has 0 radical (unpaired) electrons. The second-order valence-electron chi connectivity index (χ2n) is 7.33. The van der Waals surface area contributed by atoms with Crippen molar-refractivity contribution in [2.45, 2.75) is 45.1 Å². The van der Waals surface area contributed by atoms with E-state index in [1.54, 1.807) is 6.92 Å². The zero-order valence-electron chi connectivity index (χ0n) is 15.3. The van der Waals surface area contributed by atoms with Gasteiger partial charge >= 0.3 is 0 Å². The Balaban J connectivity index is 1.78. The molecule has 140 valence electrons. The van der Waals surface area contributed by atoms with Crippen LogP contribution in [0, 0.1) is 12.7 Å². The summed E-state index contributed by atoms with van der Waals surface area (Å²) >= 11 is 0. The van der Waals surface area contributed by atoms with E-state index in [2.05, 4.69) is 9.55 Å². The molecule has 1 fully saturated rings. The van der Waals surface area contributed by atoms with Crippen molar-refractivity contribution < 1.29 is 9.18 Å². The number of anilines is 1. The van der Waals surface area contributed by atoms with Gasteiger partial charge in [0.2, 0.25) is 0 Å². The Kier molecular flexibility index (Phi) is 4.34. The van der Waals surface area contributed by atoms with Crippen molar-refractivity contribution >= 4 is 22.6 Å². The topological polar surface area (TPSA) is 86.9 Å². The number of hydrogen-bond donors (Lipinski definition) is 2. The van der Waals surface area contributed by atoms with Crippen molar-refractivity contribution in [3.63, 3.8) is 0 Å². The number of rotatable bonds is 3. The molecule has 4 N–H and O–H groups in total. The van der Waals surface area contributed by atoms with E-state index in [9.17, 15) is 9.18 Å². The number of nitrogens with zero attached hydrogens (tertiary/aromatic N) is 2. The third-order valence-corrected chi connectivity index (χ3v) is 5.68. The van der Waals surface area contributed by atoms with Gasteiger partial charge in [0, 0.05) is 17.3 Å². The summed E-state index contributed by atoms with van der Waals surface area (Å²) in [4.78, 5) is 16.0. The van der Waals surface area contributed by atoms with E-state index in [4.69, 9.17) is 11.5 Å². The number of amides is 1. The molecule has 0 spiro atoms. The molecule has 0 aliphatic heterocycles. The molecule has 0 atom stereocenters. The minimum absolute atomic E-state index is 0.154. The maximum atomic E-state index is 14.4. The first kappa shape index (κ1) is 17.5. The summed E-state index contributed by atoms with van der Waals surface area (Å²) in [6, 6.07) is 7.64. The van der Waals surface area contributed by atoms with Crippen molar-refractivity contribution in [3.05, 3.63) is 47.5 Å². The predicted molar refractivity (Wildman–Crippen MR) is 105 cm³/mol. The normalized spacial score (nSPS) is 15.3. The molecule has 4 rings (SSSR count). The highest BCUT2D eigenvalue weighted by Gasteiger charge is 2.20. The Morgan fingerprint density at radius 3 is 2.67 bits per heavy atom. The van der Waals surface area contributed by atoms with Crippen molar-refractivity contribution in [3.8, 4) is 11.1 Å². The van der Waals surface area contributed by atoms with E-state index in [-0.39, 0.29) is 5.56 Å². The molecule has 0 saturated heterocycles. The number of primary amides is 1. The zero-order chi connectivity index (χ0) is 19.1. The lowest BCUT2D eigenvalue weighted by molar-refractivity contribution is 0.0996. The maximum Gasteiger partial charge on any atom is 0.252 e. The summed E-state index contributed by atoms with van der Waals surface area (Å²) in [6.45, 7) is 1.61. The zero-order valence-corrected chi connectivity index (χ0v) is 15.3. The lowest BCUT2D eigenvalue weighted by Gasteiger charge is -2.23. The average molecular weight is 366 g/mol. The van der Waals surface area contributed by atoms with Crippen molar-refractivity contribution in [2.24, 2.45) is 5.73 Å². The van der Waals surface area contributed by atoms with Crippen LogP contribution in [0.3, 0.4) is 0 Å². The fraction of sp³-hybridized carbons (Fsp3) is 0.333. The summed E-state index contributed by atoms with van der Waals surface area (Å²) in [7, 11) is 0. The highest BCUT2D eigenvalue weighted by molar-refractivity contribution is 5.98. The summed E-state index contributed by atoms with van der Waals surface area (Å²) in [5.41, 5.74) is 15.3. The standard InChI is InChI=1S/C21H23FN4O/c1-12-19(21(24)27)16(22)10-15(20(12)23)13-7-8-18-17(9-13)25-11-26(18)14-5-3-2-4-6-14/h7-11,14H,2-6,23H2,1H3,(H2,24,27). The molecule has 1 heterocycles. The minimum atomic E-state index is -0.815. The Bertz CT molecular complexity index is 1030. The van der Waals surface area contributed by atoms with Gasteiger partial charge in [0.25, 0.3) is 5.91 Å². The molecule has 1 aromatic heterocycles. The number of fused-ring (bicyclic) bond motifs is 1. The van der Waals surface area contributed by atoms with Crippen LogP contribution in [0.15, 0.2) is 30.6 Å². The summed E-state index contributed by atoms with van der Waals surface area (Å²) in [6.07, 6.45) is 8.07. The first-order chi connectivity index (χ1) is 13.0. The highest BCUT2D eigenvalue weighted by Crippen LogP contribution is 2.35. The number of nitrogens with two attached hydrogens (primary N) is 2. The summed E-state index contributed by atoms with van der Waals surface area (Å²) in [5.74, 6) is -1.47. The number of carbonyl (C=O) groups is 1. The second-order valence-corrected chi connectivity index (χ2v) is 7.33. The number of carbonyl (C=O) groups excluding carboxylic acids is 1. The van der Waals surface area contributed by atoms with Crippen LogP contribution in [-0.4, -0.2) is 15.5 Å². The molecular weight excluding hydrogens is 343 g/mol. The van der Waals surface area contributed by atoms with Gasteiger partial charge < -0.3 is 16.0 Å². The monoisotopic (exact) mass is 366 g/mol. The highest BCUT2D eigenvalue weighted by atomic mass is 19.1. The number of hydrogen-bond acceptors (Lipinski definition) is 3. The third kappa shape index (κ3) is 2.95. The van der Waals surface area contributed by atoms with Gasteiger partial charge in [0.05, 0.1) is 22.9 Å². The SMILES string of the molecule is Cc1c(N)c(-c2ccc3c(c2)ncn3C2CCCCC2)cc(F)c1C(N)=O. The van der Waals surface area contributed by atoms with Crippen LogP contribution in [0.5, 0.6) is 0 Å². The Hall–Kier alpha value is -2.89. The largest absolute Gasteiger partial charge is 0.398 e. The fourth-order valence-electron chi connectivity index (χ4n) is 4.18. The van der Waals surface area contributed by atoms with Gasteiger partial charge in [0.15, 0.2) is 0 Å². The van der Waals surface area contributed by atoms with Crippen LogP contribution in [0.1, 0.15) is 54.1 Å². The molecule has 1 saturated carbocycles. The molecule has 27 heavy (non-hydrogen) atoms. The number of imidazole rings is 1. The van der Waals surface area contributed by atoms with Crippen molar-refractivity contribution in [2.75, 3.05) is 5.73 Å². The second kappa shape index (κ2) is 6.68. The lowest BCUT2D eigenvalue weighted by atomic mass is 9.94. The number of nitrogen functional groups attached to an aromatic ring is 1. The van der Waals surface area contributed by atoms with Gasteiger partial charge in [-0.3, -0.25) is 4.79 Å². The first-order valence-electron chi connectivity index (χ1n) is 9.32. The van der Waals surface area contributed by atoms with E-state index < -0.39 is 11.7 Å². The van der Waals surface area contributed by atoms with Gasteiger partial charge in [-0.05, 0) is 49.1 Å². The predicted octanol–water partition coefficient (Wildman–Crippen LogP) is 4.34. The molecule has 1 aliphatic carbocycles. The molecule has 1 amide bonds. The van der Waals surface area contributed by atoms with Crippen LogP contribution in [0.4, 0.5) is 10.1 Å². The maximum absolute atomic E-state index is 14.4. The average Bonchev–Trinajstić information content (AvgIpc) is 3.08. The molecule has 3 aromatic rings. The van der Waals surface area contributed by atoms with Crippen LogP contribution >= 0.6 is 0 Å². The van der Waals surface area contributed by atoms with Crippen molar-refractivity contribution in [1.82, 2.24) is 9.55 Å². The summed E-state index contributed by atoms with van der Waals surface area (Å²) < 4.78 is 16.7. The lowest BCUT2D eigenvalue weighted by Crippen LogP contribution is -2.16. The van der Waals surface area contributed by atoms with Crippen LogP contribution in [0.25, 0.3) is 22.2 Å². The van der Waals surface area contributed by atoms with E-state index in [1.165, 1.54) is 38.2 Å². The summed E-state index contributed by atoms with van der Waals surface area (Å²) in [5, 5.41) is 0. The number of aromatic nitrogens is 2. The van der Waals surface area contributed by atoms with Gasteiger partial charge in [-0.15, -0.1) is 0 Å². The van der Waals surface area contributed by atoms with E-state index >= 15 is 0 Å². The molecule has 1 aliphatic rings. The van der Waals surface area contributed by atoms with E-state index in [0.717, 1.165) is 16.6 Å². The number of benzene rings is 2. The molecule has 5 nitrogen and oxygen atoms in total. The van der Waals surface area contributed by atoms with Crippen LogP contribution in [0.2, 0.25) is 0 Å². The van der Waals surface area contributed by atoms with Gasteiger partial charge in [-0.2, -0.15) is 0 Å². The molecule has 0 bridgehead atoms. The quantitative estimate of drug-likeness (QED) is 0.676. The Morgan fingerprint density at radius 1 is 1.22 bits per heavy atom. The van der Waals surface area contributed by atoms with E-state index in [1.807, 2.05) is 24.5 Å². The van der Waals surface area contributed by atoms with Crippen LogP contribution in [-0.2, 0) is 0 Å². The van der Waals surface area contributed by atoms with Crippen molar-refractivity contribution in [1.29, 1.82) is 0 Å². The minimum Gasteiger partial charge on any atom is -0.398 e. The number of halogens is 1. The first-order valence-corrected chi connectivity index (χ1v) is 9.32. The molecular formula is C21H23FN4O. The van der Waals surface area contributed by atoms with Gasteiger partial charge in [0.1, 0.15) is 5.82 Å². The molecule has 2 aromatic carbocycles. The third-order valence-electron chi connectivity index (χ3n) is 5.68. The fourth-order valence-corrected chi connectivity index (χ4v) is 4.18. The Labute approximate surface area is 157 Å². The molecule has 6 heteroatoms. The van der Waals surface area contributed by atoms with Gasteiger partial charge in [-0.1, -0.05) is 25.3 Å². The smallest absolute Gasteiger partial charge is 0.252 e. The van der Waals surface area contributed by atoms with Gasteiger partial charge in [-0.25, -0.2) is 9.37 Å². The molecule has 0 unspecified atom stereocenters. The van der Waals surface area contributed by atoms with Crippen LogP contribution < -0.4 is 11.5 Å². The Morgan fingerprint density at radius 2 is 1.96 bits per heavy atom. The van der Waals surface area contributed by atoms with E-state index in [0.29, 0.717) is 22.9 Å².